The summed E-state index contributed by atoms with van der Waals surface area (Å²) in [4.78, 5) is 28.3. The third-order valence-corrected chi connectivity index (χ3v) is 4.01. The Morgan fingerprint density at radius 3 is 2.62 bits per heavy atom. The highest BCUT2D eigenvalue weighted by Crippen LogP contribution is 2.18. The Morgan fingerprint density at radius 2 is 1.96 bits per heavy atom. The van der Waals surface area contributed by atoms with E-state index in [0.717, 1.165) is 24.8 Å². The molecule has 1 atom stereocenters. The van der Waals surface area contributed by atoms with Crippen molar-refractivity contribution in [3.8, 4) is 0 Å². The molecule has 2 amide bonds. The lowest BCUT2D eigenvalue weighted by atomic mass is 10.0. The van der Waals surface area contributed by atoms with Crippen molar-refractivity contribution in [3.63, 3.8) is 0 Å². The number of nitrogens with one attached hydrogen (secondary N) is 2. The number of rotatable bonds is 9. The topological polar surface area (TPSA) is 71.1 Å². The van der Waals surface area contributed by atoms with E-state index >= 15 is 0 Å². The van der Waals surface area contributed by atoms with Crippen LogP contribution in [0.4, 0.5) is 4.39 Å². The molecule has 26 heavy (non-hydrogen) atoms. The number of benzene rings is 1. The predicted octanol–water partition coefficient (Wildman–Crippen LogP) is 3.39. The highest BCUT2D eigenvalue weighted by Gasteiger charge is 2.14. The summed E-state index contributed by atoms with van der Waals surface area (Å²) >= 11 is 0. The molecule has 0 radical (unpaired) electrons. The number of halogens is 1. The molecule has 1 unspecified atom stereocenters. The summed E-state index contributed by atoms with van der Waals surface area (Å²) in [5.41, 5.74) is 1.34. The van der Waals surface area contributed by atoms with Gasteiger partial charge in [0.25, 0.3) is 5.91 Å². The van der Waals surface area contributed by atoms with Gasteiger partial charge in [0, 0.05) is 30.9 Å². The van der Waals surface area contributed by atoms with Gasteiger partial charge in [0.15, 0.2) is 0 Å². The Hall–Kier alpha value is -2.76. The van der Waals surface area contributed by atoms with Gasteiger partial charge in [-0.2, -0.15) is 0 Å². The van der Waals surface area contributed by atoms with Crippen LogP contribution in [0, 0.1) is 5.82 Å². The molecule has 1 heterocycles. The summed E-state index contributed by atoms with van der Waals surface area (Å²) in [6, 6.07) is 9.00. The second-order valence-electron chi connectivity index (χ2n) is 6.06. The third kappa shape index (κ3) is 6.27. The summed E-state index contributed by atoms with van der Waals surface area (Å²) in [6.45, 7) is 2.32. The number of unbranched alkanes of at least 4 members (excludes halogenated alkanes) is 1. The third-order valence-electron chi connectivity index (χ3n) is 4.01. The lowest BCUT2D eigenvalue weighted by molar-refractivity contribution is -0.121. The smallest absolute Gasteiger partial charge is 0.251 e. The first kappa shape index (κ1) is 19.6. The van der Waals surface area contributed by atoms with Crippen LogP contribution in [0.3, 0.4) is 0 Å². The predicted molar refractivity (Wildman–Crippen MR) is 98.0 cm³/mol. The number of carbonyl (C=O) groups is 2. The second-order valence-corrected chi connectivity index (χ2v) is 6.06. The first-order valence-electron chi connectivity index (χ1n) is 8.83. The minimum absolute atomic E-state index is 0.0797. The number of hydrogen-bond donors (Lipinski definition) is 2. The van der Waals surface area contributed by atoms with Gasteiger partial charge >= 0.3 is 0 Å². The van der Waals surface area contributed by atoms with Crippen LogP contribution >= 0.6 is 0 Å². The monoisotopic (exact) mass is 357 g/mol. The van der Waals surface area contributed by atoms with E-state index < -0.39 is 5.82 Å². The number of nitrogens with zero attached hydrogens (tertiary/aromatic N) is 1. The molecule has 5 nitrogen and oxygen atoms in total. The van der Waals surface area contributed by atoms with Gasteiger partial charge in [-0.25, -0.2) is 4.39 Å². The summed E-state index contributed by atoms with van der Waals surface area (Å²) in [6.07, 6.45) is 6.53. The SMILES string of the molecule is CCCCC(NC(=O)CCNC(=O)c1ccc(F)cc1)c1cccnc1. The van der Waals surface area contributed by atoms with E-state index in [1.165, 1.54) is 24.3 Å². The van der Waals surface area contributed by atoms with Crippen LogP contribution in [0.1, 0.15) is 54.6 Å². The van der Waals surface area contributed by atoms with Crippen molar-refractivity contribution in [1.29, 1.82) is 0 Å². The Labute approximate surface area is 153 Å². The van der Waals surface area contributed by atoms with Crippen LogP contribution in [-0.2, 0) is 4.79 Å². The maximum absolute atomic E-state index is 12.9. The highest BCUT2D eigenvalue weighted by molar-refractivity contribution is 5.94. The van der Waals surface area contributed by atoms with Crippen LogP contribution in [0.2, 0.25) is 0 Å². The van der Waals surface area contributed by atoms with Gasteiger partial charge < -0.3 is 10.6 Å². The van der Waals surface area contributed by atoms with E-state index in [-0.39, 0.29) is 30.8 Å². The minimum Gasteiger partial charge on any atom is -0.352 e. The minimum atomic E-state index is -0.394. The Kier molecular flexibility index (Phi) is 7.74. The molecular weight excluding hydrogens is 333 g/mol. The molecule has 1 aromatic heterocycles. The summed E-state index contributed by atoms with van der Waals surface area (Å²) in [5, 5.41) is 5.68. The van der Waals surface area contributed by atoms with E-state index in [0.29, 0.717) is 5.56 Å². The fourth-order valence-corrected chi connectivity index (χ4v) is 2.57. The summed E-state index contributed by atoms with van der Waals surface area (Å²) in [5.74, 6) is -0.851. The molecule has 0 saturated heterocycles. The molecule has 138 valence electrons. The molecular formula is C20H24FN3O2. The largest absolute Gasteiger partial charge is 0.352 e. The van der Waals surface area contributed by atoms with Crippen LogP contribution in [0.5, 0.6) is 0 Å². The second kappa shape index (κ2) is 10.3. The first-order chi connectivity index (χ1) is 12.6. The lowest BCUT2D eigenvalue weighted by Gasteiger charge is -2.19. The van der Waals surface area contributed by atoms with E-state index in [9.17, 15) is 14.0 Å². The average molecular weight is 357 g/mol. The van der Waals surface area contributed by atoms with Gasteiger partial charge in [-0.1, -0.05) is 25.8 Å². The van der Waals surface area contributed by atoms with Crippen molar-refractivity contribution in [2.45, 2.75) is 38.6 Å². The number of carbonyl (C=O) groups excluding carboxylic acids is 2. The van der Waals surface area contributed by atoms with Crippen LogP contribution < -0.4 is 10.6 Å². The van der Waals surface area contributed by atoms with E-state index in [2.05, 4.69) is 22.5 Å². The van der Waals surface area contributed by atoms with Gasteiger partial charge in [-0.05, 0) is 42.3 Å². The summed E-state index contributed by atoms with van der Waals surface area (Å²) < 4.78 is 12.9. The fourth-order valence-electron chi connectivity index (χ4n) is 2.57. The molecule has 0 bridgehead atoms. The van der Waals surface area contributed by atoms with Gasteiger partial charge in [0.1, 0.15) is 5.82 Å². The van der Waals surface area contributed by atoms with Crippen LogP contribution in [-0.4, -0.2) is 23.3 Å². The zero-order valence-corrected chi connectivity index (χ0v) is 14.9. The van der Waals surface area contributed by atoms with Crippen molar-refractivity contribution in [3.05, 3.63) is 65.7 Å². The number of hydrogen-bond acceptors (Lipinski definition) is 3. The Bertz CT molecular complexity index is 705. The van der Waals surface area contributed by atoms with Gasteiger partial charge in [0.05, 0.1) is 6.04 Å². The van der Waals surface area contributed by atoms with E-state index in [1.54, 1.807) is 12.4 Å². The molecule has 2 rings (SSSR count). The van der Waals surface area contributed by atoms with Crippen molar-refractivity contribution in [2.75, 3.05) is 6.54 Å². The summed E-state index contributed by atoms with van der Waals surface area (Å²) in [7, 11) is 0. The standard InChI is InChI=1S/C20H24FN3O2/c1-2-3-6-18(16-5-4-12-22-14-16)24-19(25)11-13-23-20(26)15-7-9-17(21)10-8-15/h4-5,7-10,12,14,18H,2-3,6,11,13H2,1H3,(H,23,26)(H,24,25). The molecule has 0 spiro atoms. The zero-order chi connectivity index (χ0) is 18.8. The van der Waals surface area contributed by atoms with E-state index in [4.69, 9.17) is 0 Å². The highest BCUT2D eigenvalue weighted by atomic mass is 19.1. The molecule has 2 N–H and O–H groups in total. The molecule has 0 aliphatic rings. The van der Waals surface area contributed by atoms with Crippen molar-refractivity contribution < 1.29 is 14.0 Å². The molecule has 0 aliphatic carbocycles. The Morgan fingerprint density at radius 1 is 1.19 bits per heavy atom. The number of aromatic nitrogens is 1. The normalized spacial score (nSPS) is 11.6. The van der Waals surface area contributed by atoms with Gasteiger partial charge in [-0.15, -0.1) is 0 Å². The first-order valence-corrected chi connectivity index (χ1v) is 8.83. The average Bonchev–Trinajstić information content (AvgIpc) is 2.66. The zero-order valence-electron chi connectivity index (χ0n) is 14.9. The molecule has 6 heteroatoms. The van der Waals surface area contributed by atoms with Crippen molar-refractivity contribution in [2.24, 2.45) is 0 Å². The van der Waals surface area contributed by atoms with Gasteiger partial charge in [-0.3, -0.25) is 14.6 Å². The van der Waals surface area contributed by atoms with Crippen LogP contribution in [0.15, 0.2) is 48.8 Å². The molecule has 0 fully saturated rings. The number of pyridine rings is 1. The number of amides is 2. The Balaban J connectivity index is 1.82. The van der Waals surface area contributed by atoms with E-state index in [1.807, 2.05) is 12.1 Å². The van der Waals surface area contributed by atoms with Gasteiger partial charge in [0.2, 0.25) is 5.91 Å². The quantitative estimate of drug-likeness (QED) is 0.723. The lowest BCUT2D eigenvalue weighted by Crippen LogP contribution is -2.33. The maximum Gasteiger partial charge on any atom is 0.251 e. The molecule has 2 aromatic rings. The fraction of sp³-hybridized carbons (Fsp3) is 0.350. The van der Waals surface area contributed by atoms with Crippen molar-refractivity contribution >= 4 is 11.8 Å². The maximum atomic E-state index is 12.9. The molecule has 1 aromatic carbocycles. The van der Waals surface area contributed by atoms with Crippen molar-refractivity contribution in [1.82, 2.24) is 15.6 Å². The molecule has 0 saturated carbocycles. The molecule has 0 aliphatic heterocycles. The van der Waals surface area contributed by atoms with Crippen LogP contribution in [0.25, 0.3) is 0 Å².